The quantitative estimate of drug-likeness (QED) is 0.195. The van der Waals surface area contributed by atoms with Crippen molar-refractivity contribution < 1.29 is 19.1 Å². The van der Waals surface area contributed by atoms with Crippen molar-refractivity contribution in [3.05, 3.63) is 58.9 Å². The van der Waals surface area contributed by atoms with Gasteiger partial charge >= 0.3 is 11.9 Å². The molecule has 31 heavy (non-hydrogen) atoms. The lowest BCUT2D eigenvalue weighted by molar-refractivity contribution is -0.148. The molecule has 0 saturated carbocycles. The lowest BCUT2D eigenvalue weighted by atomic mass is 9.99. The van der Waals surface area contributed by atoms with Crippen LogP contribution in [-0.2, 0) is 25.5 Å². The third-order valence-corrected chi connectivity index (χ3v) is 5.14. The monoisotopic (exact) mass is 428 g/mol. The molecule has 0 fully saturated rings. The van der Waals surface area contributed by atoms with E-state index >= 15 is 0 Å². The van der Waals surface area contributed by atoms with Gasteiger partial charge in [0.2, 0.25) is 0 Å². The molecule has 1 aromatic rings. The summed E-state index contributed by atoms with van der Waals surface area (Å²) in [6.07, 6.45) is 7.50. The summed E-state index contributed by atoms with van der Waals surface area (Å²) in [6, 6.07) is 8.48. The number of carbonyl (C=O) groups excluding carboxylic acids is 2. The molecule has 0 heterocycles. The van der Waals surface area contributed by atoms with E-state index in [2.05, 4.69) is 65.0 Å². The summed E-state index contributed by atoms with van der Waals surface area (Å²) in [5, 5.41) is 0. The van der Waals surface area contributed by atoms with E-state index in [9.17, 15) is 9.59 Å². The van der Waals surface area contributed by atoms with Gasteiger partial charge in [0.15, 0.2) is 0 Å². The molecule has 0 aliphatic heterocycles. The minimum absolute atomic E-state index is 0.0296. The van der Waals surface area contributed by atoms with Crippen LogP contribution in [0.5, 0.6) is 0 Å². The van der Waals surface area contributed by atoms with Crippen LogP contribution in [0.25, 0.3) is 0 Å². The van der Waals surface area contributed by atoms with Crippen LogP contribution in [0.15, 0.2) is 47.7 Å². The zero-order valence-electron chi connectivity index (χ0n) is 20.2. The molecule has 4 nitrogen and oxygen atoms in total. The fourth-order valence-electron chi connectivity index (χ4n) is 3.06. The third-order valence-electron chi connectivity index (χ3n) is 5.14. The Morgan fingerprint density at radius 1 is 0.935 bits per heavy atom. The number of allylic oxidation sites excluding steroid dienone is 3. The van der Waals surface area contributed by atoms with Crippen molar-refractivity contribution >= 4 is 11.9 Å². The van der Waals surface area contributed by atoms with Crippen LogP contribution in [0, 0.1) is 5.92 Å². The Labute approximate surface area is 188 Å². The van der Waals surface area contributed by atoms with Crippen molar-refractivity contribution in [1.82, 2.24) is 0 Å². The standard InChI is InChI=1S/C27H40O4/c1-20(2)8-7-9-22(5)16-17-30-26(28)14-15-27(29)31-19-23(6)18-24-10-12-25(13-11-24)21(3)4/h8,10-13,19,21-22H,7,9,14-18H2,1-6H3/b23-19+. The first-order valence-electron chi connectivity index (χ1n) is 11.4. The molecule has 0 saturated heterocycles. The Hall–Kier alpha value is -2.36. The summed E-state index contributed by atoms with van der Waals surface area (Å²) in [5.74, 6) is 0.248. The average Bonchev–Trinajstić information content (AvgIpc) is 2.70. The Bertz CT molecular complexity index is 737. The third kappa shape index (κ3) is 12.8. The average molecular weight is 429 g/mol. The zero-order chi connectivity index (χ0) is 23.2. The molecule has 0 radical (unpaired) electrons. The van der Waals surface area contributed by atoms with Gasteiger partial charge in [0.05, 0.1) is 25.7 Å². The molecule has 0 aliphatic carbocycles. The van der Waals surface area contributed by atoms with Crippen LogP contribution in [0.4, 0.5) is 0 Å². The molecule has 0 bridgehead atoms. The highest BCUT2D eigenvalue weighted by atomic mass is 16.5. The summed E-state index contributed by atoms with van der Waals surface area (Å²) >= 11 is 0. The normalized spacial score (nSPS) is 12.4. The van der Waals surface area contributed by atoms with E-state index in [-0.39, 0.29) is 18.8 Å². The molecule has 0 aromatic heterocycles. The molecule has 1 unspecified atom stereocenters. The van der Waals surface area contributed by atoms with E-state index in [1.807, 2.05) is 6.92 Å². The number of esters is 2. The van der Waals surface area contributed by atoms with Crippen LogP contribution in [0.2, 0.25) is 0 Å². The van der Waals surface area contributed by atoms with Gasteiger partial charge in [-0.05, 0) is 75.0 Å². The first-order chi connectivity index (χ1) is 14.7. The van der Waals surface area contributed by atoms with E-state index in [0.29, 0.717) is 18.4 Å². The van der Waals surface area contributed by atoms with Gasteiger partial charge < -0.3 is 9.47 Å². The van der Waals surface area contributed by atoms with Crippen LogP contribution >= 0.6 is 0 Å². The summed E-state index contributed by atoms with van der Waals surface area (Å²) in [7, 11) is 0. The lowest BCUT2D eigenvalue weighted by Gasteiger charge is -2.10. The Morgan fingerprint density at radius 3 is 2.19 bits per heavy atom. The Balaban J connectivity index is 2.23. The van der Waals surface area contributed by atoms with Crippen LogP contribution < -0.4 is 0 Å². The van der Waals surface area contributed by atoms with E-state index in [4.69, 9.17) is 9.47 Å². The number of benzene rings is 1. The molecule has 1 rings (SSSR count). The number of hydrogen-bond acceptors (Lipinski definition) is 4. The van der Waals surface area contributed by atoms with Gasteiger partial charge in [0.25, 0.3) is 0 Å². The number of rotatable bonds is 13. The van der Waals surface area contributed by atoms with Crippen LogP contribution in [0.3, 0.4) is 0 Å². The van der Waals surface area contributed by atoms with Gasteiger partial charge in [-0.2, -0.15) is 0 Å². The second-order valence-electron chi connectivity index (χ2n) is 9.00. The van der Waals surface area contributed by atoms with Crippen molar-refractivity contribution in [3.8, 4) is 0 Å². The summed E-state index contributed by atoms with van der Waals surface area (Å²) in [6.45, 7) is 13.0. The number of hydrogen-bond donors (Lipinski definition) is 0. The van der Waals surface area contributed by atoms with E-state index in [0.717, 1.165) is 31.3 Å². The molecule has 0 N–H and O–H groups in total. The zero-order valence-corrected chi connectivity index (χ0v) is 20.2. The molecule has 0 amide bonds. The van der Waals surface area contributed by atoms with Gasteiger partial charge in [0.1, 0.15) is 0 Å². The van der Waals surface area contributed by atoms with Crippen molar-refractivity contribution in [2.75, 3.05) is 6.61 Å². The maximum Gasteiger partial charge on any atom is 0.311 e. The van der Waals surface area contributed by atoms with Gasteiger partial charge in [-0.25, -0.2) is 0 Å². The smallest absolute Gasteiger partial charge is 0.311 e. The summed E-state index contributed by atoms with van der Waals surface area (Å²) in [5.41, 5.74) is 4.76. The van der Waals surface area contributed by atoms with Crippen LogP contribution in [0.1, 0.15) is 90.7 Å². The molecular formula is C27H40O4. The molecular weight excluding hydrogens is 388 g/mol. The Kier molecular flexibility index (Phi) is 12.6. The van der Waals surface area contributed by atoms with Gasteiger partial charge in [-0.1, -0.05) is 56.7 Å². The highest BCUT2D eigenvalue weighted by Crippen LogP contribution is 2.16. The van der Waals surface area contributed by atoms with Crippen molar-refractivity contribution in [2.24, 2.45) is 5.92 Å². The maximum atomic E-state index is 11.9. The largest absolute Gasteiger partial charge is 0.466 e. The molecule has 172 valence electrons. The highest BCUT2D eigenvalue weighted by Gasteiger charge is 2.10. The first kappa shape index (κ1) is 26.7. The summed E-state index contributed by atoms with van der Waals surface area (Å²) < 4.78 is 10.4. The minimum atomic E-state index is -0.415. The van der Waals surface area contributed by atoms with Gasteiger partial charge in [-0.15, -0.1) is 0 Å². The topological polar surface area (TPSA) is 52.6 Å². The fraction of sp³-hybridized carbons (Fsp3) is 0.556. The highest BCUT2D eigenvalue weighted by molar-refractivity contribution is 5.77. The number of carbonyl (C=O) groups is 2. The second kappa shape index (κ2) is 14.6. The van der Waals surface area contributed by atoms with Crippen molar-refractivity contribution in [2.45, 2.75) is 86.0 Å². The molecule has 0 spiro atoms. The molecule has 1 atom stereocenters. The SMILES string of the molecule is CC(C)=CCCC(C)CCOC(=O)CCC(=O)O/C=C(\C)Cc1ccc(C(C)C)cc1. The first-order valence-corrected chi connectivity index (χ1v) is 11.4. The van der Waals surface area contributed by atoms with E-state index < -0.39 is 5.97 Å². The predicted molar refractivity (Wildman–Crippen MR) is 127 cm³/mol. The van der Waals surface area contributed by atoms with Gasteiger partial charge in [-0.3, -0.25) is 9.59 Å². The lowest BCUT2D eigenvalue weighted by Crippen LogP contribution is -2.11. The minimum Gasteiger partial charge on any atom is -0.466 e. The van der Waals surface area contributed by atoms with Crippen molar-refractivity contribution in [1.29, 1.82) is 0 Å². The van der Waals surface area contributed by atoms with Crippen molar-refractivity contribution in [3.63, 3.8) is 0 Å². The predicted octanol–water partition coefficient (Wildman–Crippen LogP) is 6.90. The second-order valence-corrected chi connectivity index (χ2v) is 9.00. The van der Waals surface area contributed by atoms with Gasteiger partial charge in [0, 0.05) is 0 Å². The van der Waals surface area contributed by atoms with E-state index in [1.165, 1.54) is 23.0 Å². The molecule has 1 aromatic carbocycles. The van der Waals surface area contributed by atoms with E-state index in [1.54, 1.807) is 0 Å². The maximum absolute atomic E-state index is 11.9. The van der Waals surface area contributed by atoms with Crippen LogP contribution in [-0.4, -0.2) is 18.5 Å². The molecule has 4 heteroatoms. The number of ether oxygens (including phenoxy) is 2. The molecule has 0 aliphatic rings. The summed E-state index contributed by atoms with van der Waals surface area (Å²) in [4.78, 5) is 23.7. The fourth-order valence-corrected chi connectivity index (χ4v) is 3.06. The Morgan fingerprint density at radius 2 is 1.58 bits per heavy atom.